The van der Waals surface area contributed by atoms with E-state index in [2.05, 4.69) is 22.6 Å². The van der Waals surface area contributed by atoms with Gasteiger partial charge in [-0.2, -0.15) is 0 Å². The fraction of sp³-hybridized carbons (Fsp3) is 0.300. The third-order valence-electron chi connectivity index (χ3n) is 1.96. The molecule has 0 aliphatic rings. The topological polar surface area (TPSA) is 52.3 Å². The smallest absolute Gasteiger partial charge is 0.151 e. The highest BCUT2D eigenvalue weighted by molar-refractivity contribution is 14.1. The quantitative estimate of drug-likeness (QED) is 0.868. The molecular weight excluding hydrogens is 293 g/mol. The highest BCUT2D eigenvalue weighted by Crippen LogP contribution is 2.26. The van der Waals surface area contributed by atoms with Crippen molar-refractivity contribution in [1.29, 1.82) is 0 Å². The van der Waals surface area contributed by atoms with Gasteiger partial charge >= 0.3 is 0 Å². The minimum absolute atomic E-state index is 0.0645. The summed E-state index contributed by atoms with van der Waals surface area (Å²) >= 11 is 2.17. The molecule has 0 aliphatic carbocycles. The molecule has 0 fully saturated rings. The first-order chi connectivity index (χ1) is 6.56. The van der Waals surface area contributed by atoms with E-state index in [4.69, 9.17) is 10.5 Å². The number of ether oxygens (including phenoxy) is 1. The van der Waals surface area contributed by atoms with E-state index in [1.54, 1.807) is 7.11 Å². The molecule has 3 nitrogen and oxygen atoms in total. The molecule has 1 unspecified atom stereocenters. The van der Waals surface area contributed by atoms with Crippen LogP contribution in [0.2, 0.25) is 0 Å². The summed E-state index contributed by atoms with van der Waals surface area (Å²) in [6.07, 6.45) is 0. The first kappa shape index (κ1) is 11.5. The van der Waals surface area contributed by atoms with Crippen LogP contribution in [0.25, 0.3) is 0 Å². The molecule has 2 N–H and O–H groups in total. The number of carbonyl (C=O) groups excluding carboxylic acids is 1. The van der Waals surface area contributed by atoms with E-state index in [9.17, 15) is 4.79 Å². The Bertz CT molecular complexity index is 352. The maximum Gasteiger partial charge on any atom is 0.151 e. The van der Waals surface area contributed by atoms with Crippen molar-refractivity contribution in [3.63, 3.8) is 0 Å². The predicted octanol–water partition coefficient (Wildman–Crippen LogP) is 1.89. The van der Waals surface area contributed by atoms with Gasteiger partial charge < -0.3 is 10.5 Å². The van der Waals surface area contributed by atoms with E-state index in [1.165, 1.54) is 6.92 Å². The van der Waals surface area contributed by atoms with Gasteiger partial charge in [0, 0.05) is 9.13 Å². The number of hydrogen-bond donors (Lipinski definition) is 1. The zero-order valence-corrected chi connectivity index (χ0v) is 10.2. The summed E-state index contributed by atoms with van der Waals surface area (Å²) in [4.78, 5) is 11.1. The van der Waals surface area contributed by atoms with Crippen molar-refractivity contribution < 1.29 is 9.53 Å². The van der Waals surface area contributed by atoms with Crippen LogP contribution in [0.1, 0.15) is 18.5 Å². The second-order valence-electron chi connectivity index (χ2n) is 2.97. The van der Waals surface area contributed by atoms with Gasteiger partial charge in [0.25, 0.3) is 0 Å². The van der Waals surface area contributed by atoms with E-state index in [-0.39, 0.29) is 5.78 Å². The average molecular weight is 305 g/mol. The van der Waals surface area contributed by atoms with E-state index < -0.39 is 6.04 Å². The van der Waals surface area contributed by atoms with Crippen molar-refractivity contribution in [2.24, 2.45) is 5.73 Å². The molecule has 1 aromatic carbocycles. The van der Waals surface area contributed by atoms with Crippen molar-refractivity contribution in [3.8, 4) is 5.75 Å². The minimum atomic E-state index is -0.598. The molecule has 0 saturated heterocycles. The number of hydrogen-bond acceptors (Lipinski definition) is 3. The molecule has 0 heterocycles. The predicted molar refractivity (Wildman–Crippen MR) is 63.3 cm³/mol. The first-order valence-corrected chi connectivity index (χ1v) is 5.23. The van der Waals surface area contributed by atoms with Gasteiger partial charge in [-0.3, -0.25) is 4.79 Å². The van der Waals surface area contributed by atoms with Gasteiger partial charge in [0.2, 0.25) is 0 Å². The highest BCUT2D eigenvalue weighted by Gasteiger charge is 2.16. The standard InChI is InChI=1S/C10H12INO2/c1-6(13)10(12)8-5-7(11)3-4-9(8)14-2/h3-5,10H,12H2,1-2H3. The van der Waals surface area contributed by atoms with Crippen molar-refractivity contribution in [2.45, 2.75) is 13.0 Å². The number of benzene rings is 1. The largest absolute Gasteiger partial charge is 0.496 e. The second-order valence-corrected chi connectivity index (χ2v) is 4.22. The Kier molecular flexibility index (Phi) is 3.88. The van der Waals surface area contributed by atoms with Crippen LogP contribution in [0.5, 0.6) is 5.75 Å². The number of halogens is 1. The molecule has 1 aromatic rings. The Morgan fingerprint density at radius 3 is 2.71 bits per heavy atom. The van der Waals surface area contributed by atoms with Crippen LogP contribution in [0.4, 0.5) is 0 Å². The fourth-order valence-corrected chi connectivity index (χ4v) is 1.68. The lowest BCUT2D eigenvalue weighted by Gasteiger charge is -2.13. The number of carbonyl (C=O) groups is 1. The molecule has 0 saturated carbocycles. The van der Waals surface area contributed by atoms with Gasteiger partial charge in [-0.25, -0.2) is 0 Å². The van der Waals surface area contributed by atoms with Gasteiger partial charge in [0.15, 0.2) is 5.78 Å². The van der Waals surface area contributed by atoms with Crippen molar-refractivity contribution in [2.75, 3.05) is 7.11 Å². The van der Waals surface area contributed by atoms with E-state index in [0.717, 1.165) is 9.13 Å². The van der Waals surface area contributed by atoms with Crippen molar-refractivity contribution in [3.05, 3.63) is 27.3 Å². The zero-order valence-electron chi connectivity index (χ0n) is 8.08. The van der Waals surface area contributed by atoms with Crippen LogP contribution in [0.3, 0.4) is 0 Å². The van der Waals surface area contributed by atoms with E-state index in [0.29, 0.717) is 5.75 Å². The minimum Gasteiger partial charge on any atom is -0.496 e. The molecule has 76 valence electrons. The molecule has 4 heteroatoms. The number of Topliss-reactive ketones (excluding diaryl/α,β-unsaturated/α-hetero) is 1. The summed E-state index contributed by atoms with van der Waals surface area (Å²) in [6, 6.07) is 5.00. The number of methoxy groups -OCH3 is 1. The molecule has 1 atom stereocenters. The van der Waals surface area contributed by atoms with E-state index >= 15 is 0 Å². The average Bonchev–Trinajstić information content (AvgIpc) is 2.16. The molecule has 1 rings (SSSR count). The van der Waals surface area contributed by atoms with Gasteiger partial charge in [0.1, 0.15) is 5.75 Å². The monoisotopic (exact) mass is 305 g/mol. The van der Waals surface area contributed by atoms with Gasteiger partial charge in [-0.1, -0.05) is 0 Å². The Balaban J connectivity index is 3.16. The Hall–Kier alpha value is -0.620. The van der Waals surface area contributed by atoms with Crippen LogP contribution in [0.15, 0.2) is 18.2 Å². The lowest BCUT2D eigenvalue weighted by atomic mass is 10.0. The van der Waals surface area contributed by atoms with Gasteiger partial charge in [-0.15, -0.1) is 0 Å². The first-order valence-electron chi connectivity index (χ1n) is 4.15. The molecule has 14 heavy (non-hydrogen) atoms. The molecule has 0 aliphatic heterocycles. The lowest BCUT2D eigenvalue weighted by Crippen LogP contribution is -2.19. The summed E-state index contributed by atoms with van der Waals surface area (Å²) in [5.41, 5.74) is 6.49. The maximum atomic E-state index is 11.1. The number of nitrogens with two attached hydrogens (primary N) is 1. The summed E-state index contributed by atoms with van der Waals surface area (Å²) in [7, 11) is 1.57. The Morgan fingerprint density at radius 1 is 1.57 bits per heavy atom. The highest BCUT2D eigenvalue weighted by atomic mass is 127. The zero-order chi connectivity index (χ0) is 10.7. The van der Waals surface area contributed by atoms with Crippen LogP contribution < -0.4 is 10.5 Å². The third kappa shape index (κ3) is 2.45. The Labute approximate surface area is 96.8 Å². The fourth-order valence-electron chi connectivity index (χ4n) is 1.17. The molecule has 0 bridgehead atoms. The molecule has 0 radical (unpaired) electrons. The van der Waals surface area contributed by atoms with Gasteiger partial charge in [0.05, 0.1) is 13.2 Å². The van der Waals surface area contributed by atoms with Crippen LogP contribution in [-0.2, 0) is 4.79 Å². The summed E-state index contributed by atoms with van der Waals surface area (Å²) in [5, 5.41) is 0. The van der Waals surface area contributed by atoms with Crippen molar-refractivity contribution in [1.82, 2.24) is 0 Å². The number of rotatable bonds is 3. The molecular formula is C10H12INO2. The number of ketones is 1. The molecule has 0 aromatic heterocycles. The molecule has 0 spiro atoms. The third-order valence-corrected chi connectivity index (χ3v) is 2.64. The second kappa shape index (κ2) is 4.75. The summed E-state index contributed by atoms with van der Waals surface area (Å²) < 4.78 is 6.17. The van der Waals surface area contributed by atoms with Crippen LogP contribution in [0, 0.1) is 3.57 Å². The van der Waals surface area contributed by atoms with Crippen LogP contribution in [-0.4, -0.2) is 12.9 Å². The van der Waals surface area contributed by atoms with E-state index in [1.807, 2.05) is 18.2 Å². The lowest BCUT2D eigenvalue weighted by molar-refractivity contribution is -0.118. The van der Waals surface area contributed by atoms with Crippen LogP contribution >= 0.6 is 22.6 Å². The Morgan fingerprint density at radius 2 is 2.21 bits per heavy atom. The SMILES string of the molecule is COc1ccc(I)cc1C(N)C(C)=O. The normalized spacial score (nSPS) is 12.3. The summed E-state index contributed by atoms with van der Waals surface area (Å²) in [5.74, 6) is 0.596. The van der Waals surface area contributed by atoms with Gasteiger partial charge in [-0.05, 0) is 47.7 Å². The molecule has 0 amide bonds. The maximum absolute atomic E-state index is 11.1. The van der Waals surface area contributed by atoms with Crippen molar-refractivity contribution >= 4 is 28.4 Å². The summed E-state index contributed by atoms with van der Waals surface area (Å²) in [6.45, 7) is 1.48.